The SMILES string of the molecule is Cc1ccc([C@H](C)NC(=O)[C@@H](C)SCc2ccccc2)c(C)c1. The first-order chi connectivity index (χ1) is 11.0. The van der Waals surface area contributed by atoms with Gasteiger partial charge in [0.2, 0.25) is 5.91 Å². The van der Waals surface area contributed by atoms with Crippen LogP contribution in [0, 0.1) is 13.8 Å². The Morgan fingerprint density at radius 2 is 1.78 bits per heavy atom. The number of thioether (sulfide) groups is 1. The minimum Gasteiger partial charge on any atom is -0.349 e. The molecule has 0 heterocycles. The molecule has 122 valence electrons. The van der Waals surface area contributed by atoms with E-state index < -0.39 is 0 Å². The molecule has 23 heavy (non-hydrogen) atoms. The summed E-state index contributed by atoms with van der Waals surface area (Å²) in [4.78, 5) is 12.4. The Morgan fingerprint density at radius 3 is 2.43 bits per heavy atom. The first-order valence-corrected chi connectivity index (χ1v) is 9.05. The number of carbonyl (C=O) groups excluding carboxylic acids is 1. The van der Waals surface area contributed by atoms with Crippen LogP contribution in [-0.4, -0.2) is 11.2 Å². The molecular weight excluding hydrogens is 302 g/mol. The second-order valence-corrected chi connectivity index (χ2v) is 7.36. The van der Waals surface area contributed by atoms with Crippen molar-refractivity contribution in [3.63, 3.8) is 0 Å². The summed E-state index contributed by atoms with van der Waals surface area (Å²) in [7, 11) is 0. The van der Waals surface area contributed by atoms with Crippen LogP contribution in [0.15, 0.2) is 48.5 Å². The van der Waals surface area contributed by atoms with Gasteiger partial charge in [-0.15, -0.1) is 11.8 Å². The minimum absolute atomic E-state index is 0.0304. The zero-order valence-electron chi connectivity index (χ0n) is 14.3. The van der Waals surface area contributed by atoms with E-state index in [1.54, 1.807) is 11.8 Å². The van der Waals surface area contributed by atoms with Crippen LogP contribution in [0.1, 0.15) is 42.1 Å². The fraction of sp³-hybridized carbons (Fsp3) is 0.350. The fourth-order valence-electron chi connectivity index (χ4n) is 2.59. The summed E-state index contributed by atoms with van der Waals surface area (Å²) in [6, 6.07) is 16.7. The summed E-state index contributed by atoms with van der Waals surface area (Å²) in [5.41, 5.74) is 4.91. The second-order valence-electron chi connectivity index (χ2n) is 6.03. The normalized spacial score (nSPS) is 13.4. The van der Waals surface area contributed by atoms with Crippen molar-refractivity contribution in [2.45, 2.75) is 44.7 Å². The summed E-state index contributed by atoms with van der Waals surface area (Å²) in [5.74, 6) is 0.950. The highest BCUT2D eigenvalue weighted by Gasteiger charge is 2.17. The monoisotopic (exact) mass is 327 g/mol. The van der Waals surface area contributed by atoms with E-state index in [9.17, 15) is 4.79 Å². The number of benzene rings is 2. The molecule has 3 heteroatoms. The van der Waals surface area contributed by atoms with E-state index in [-0.39, 0.29) is 17.2 Å². The smallest absolute Gasteiger partial charge is 0.233 e. The molecule has 0 fully saturated rings. The third-order valence-corrected chi connectivity index (χ3v) is 5.18. The lowest BCUT2D eigenvalue weighted by Gasteiger charge is -2.19. The topological polar surface area (TPSA) is 29.1 Å². The van der Waals surface area contributed by atoms with Crippen LogP contribution in [-0.2, 0) is 10.5 Å². The first-order valence-electron chi connectivity index (χ1n) is 8.00. The number of amides is 1. The highest BCUT2D eigenvalue weighted by Crippen LogP contribution is 2.21. The molecule has 0 aliphatic rings. The Balaban J connectivity index is 1.89. The lowest BCUT2D eigenvalue weighted by molar-refractivity contribution is -0.120. The van der Waals surface area contributed by atoms with Crippen LogP contribution < -0.4 is 5.32 Å². The molecule has 1 amide bonds. The van der Waals surface area contributed by atoms with E-state index >= 15 is 0 Å². The van der Waals surface area contributed by atoms with Crippen molar-refractivity contribution < 1.29 is 4.79 Å². The van der Waals surface area contributed by atoms with Gasteiger partial charge in [0, 0.05) is 5.75 Å². The first kappa shape index (κ1) is 17.6. The molecule has 0 aromatic heterocycles. The molecule has 1 N–H and O–H groups in total. The van der Waals surface area contributed by atoms with Gasteiger partial charge in [-0.2, -0.15) is 0 Å². The predicted octanol–water partition coefficient (Wildman–Crippen LogP) is 4.80. The molecule has 0 radical (unpaired) electrons. The van der Waals surface area contributed by atoms with Gasteiger partial charge in [0.1, 0.15) is 0 Å². The van der Waals surface area contributed by atoms with Crippen molar-refractivity contribution in [2.24, 2.45) is 0 Å². The van der Waals surface area contributed by atoms with E-state index in [4.69, 9.17) is 0 Å². The number of aryl methyl sites for hydroxylation is 2. The molecule has 2 aromatic rings. The van der Waals surface area contributed by atoms with Gasteiger partial charge in [-0.25, -0.2) is 0 Å². The molecule has 0 unspecified atom stereocenters. The molecule has 0 bridgehead atoms. The van der Waals surface area contributed by atoms with Gasteiger partial charge >= 0.3 is 0 Å². The molecule has 2 nitrogen and oxygen atoms in total. The lowest BCUT2D eigenvalue weighted by Crippen LogP contribution is -2.33. The zero-order valence-corrected chi connectivity index (χ0v) is 15.1. The van der Waals surface area contributed by atoms with Crippen LogP contribution in [0.3, 0.4) is 0 Å². The Bertz CT molecular complexity index is 654. The minimum atomic E-state index is -0.0663. The summed E-state index contributed by atoms with van der Waals surface area (Å²) < 4.78 is 0. The van der Waals surface area contributed by atoms with Crippen molar-refractivity contribution in [3.8, 4) is 0 Å². The average molecular weight is 327 g/mol. The molecule has 2 rings (SSSR count). The van der Waals surface area contributed by atoms with Crippen molar-refractivity contribution in [2.75, 3.05) is 0 Å². The zero-order chi connectivity index (χ0) is 16.8. The van der Waals surface area contributed by atoms with Gasteiger partial charge in [-0.05, 0) is 44.4 Å². The third-order valence-electron chi connectivity index (χ3n) is 3.96. The van der Waals surface area contributed by atoms with E-state index in [1.807, 2.05) is 32.0 Å². The number of nitrogens with one attached hydrogen (secondary N) is 1. The Morgan fingerprint density at radius 1 is 1.09 bits per heavy atom. The summed E-state index contributed by atoms with van der Waals surface area (Å²) in [5, 5.41) is 3.07. The van der Waals surface area contributed by atoms with Gasteiger partial charge in [-0.3, -0.25) is 4.79 Å². The number of carbonyl (C=O) groups is 1. The molecule has 0 aliphatic carbocycles. The fourth-order valence-corrected chi connectivity index (χ4v) is 3.45. The van der Waals surface area contributed by atoms with E-state index in [1.165, 1.54) is 22.3 Å². The van der Waals surface area contributed by atoms with Crippen molar-refractivity contribution >= 4 is 17.7 Å². The highest BCUT2D eigenvalue weighted by molar-refractivity contribution is 7.99. The van der Waals surface area contributed by atoms with Crippen LogP contribution >= 0.6 is 11.8 Å². The van der Waals surface area contributed by atoms with E-state index in [2.05, 4.69) is 49.5 Å². The van der Waals surface area contributed by atoms with Crippen LogP contribution in [0.4, 0.5) is 0 Å². The van der Waals surface area contributed by atoms with E-state index in [0.717, 1.165) is 5.75 Å². The summed E-state index contributed by atoms with van der Waals surface area (Å²) >= 11 is 1.67. The number of hydrogen-bond donors (Lipinski definition) is 1. The maximum Gasteiger partial charge on any atom is 0.233 e. The molecule has 0 saturated heterocycles. The quantitative estimate of drug-likeness (QED) is 0.825. The second kappa shape index (κ2) is 8.21. The summed E-state index contributed by atoms with van der Waals surface area (Å²) in [6.07, 6.45) is 0. The molecular formula is C20H25NOS. The van der Waals surface area contributed by atoms with Crippen molar-refractivity contribution in [1.82, 2.24) is 5.32 Å². The Hall–Kier alpha value is -1.74. The molecule has 0 spiro atoms. The van der Waals surface area contributed by atoms with Gasteiger partial charge in [0.05, 0.1) is 11.3 Å². The maximum atomic E-state index is 12.4. The van der Waals surface area contributed by atoms with Crippen LogP contribution in [0.25, 0.3) is 0 Å². The molecule has 0 saturated carbocycles. The van der Waals surface area contributed by atoms with Crippen molar-refractivity contribution in [3.05, 3.63) is 70.8 Å². The maximum absolute atomic E-state index is 12.4. The summed E-state index contributed by atoms with van der Waals surface area (Å²) in [6.45, 7) is 8.20. The van der Waals surface area contributed by atoms with Gasteiger partial charge in [0.15, 0.2) is 0 Å². The molecule has 2 atom stereocenters. The highest BCUT2D eigenvalue weighted by atomic mass is 32.2. The number of hydrogen-bond acceptors (Lipinski definition) is 2. The number of rotatable bonds is 6. The standard InChI is InChI=1S/C20H25NOS/c1-14-10-11-19(15(2)12-14)16(3)21-20(22)17(4)23-13-18-8-6-5-7-9-18/h5-12,16-17H,13H2,1-4H3,(H,21,22)/t16-,17+/m0/s1. The molecule has 2 aromatic carbocycles. The molecule has 0 aliphatic heterocycles. The Kier molecular flexibility index (Phi) is 6.28. The Labute approximate surface area is 143 Å². The van der Waals surface area contributed by atoms with Crippen LogP contribution in [0.5, 0.6) is 0 Å². The van der Waals surface area contributed by atoms with Gasteiger partial charge in [-0.1, -0.05) is 54.1 Å². The van der Waals surface area contributed by atoms with Crippen molar-refractivity contribution in [1.29, 1.82) is 0 Å². The van der Waals surface area contributed by atoms with Crippen LogP contribution in [0.2, 0.25) is 0 Å². The largest absolute Gasteiger partial charge is 0.349 e. The third kappa shape index (κ3) is 5.14. The average Bonchev–Trinajstić information content (AvgIpc) is 2.53. The van der Waals surface area contributed by atoms with Gasteiger partial charge < -0.3 is 5.32 Å². The lowest BCUT2D eigenvalue weighted by atomic mass is 10.0. The predicted molar refractivity (Wildman–Crippen MR) is 99.7 cm³/mol. The van der Waals surface area contributed by atoms with Gasteiger partial charge in [0.25, 0.3) is 0 Å². The van der Waals surface area contributed by atoms with E-state index in [0.29, 0.717) is 0 Å².